The molecule has 0 aromatic heterocycles. The van der Waals surface area contributed by atoms with E-state index in [0.29, 0.717) is 26.2 Å². The van der Waals surface area contributed by atoms with Gasteiger partial charge in [0.05, 0.1) is 12.2 Å². The second kappa shape index (κ2) is 11.1. The molecule has 24 heavy (non-hydrogen) atoms. The van der Waals surface area contributed by atoms with Gasteiger partial charge in [0.25, 0.3) is 0 Å². The van der Waals surface area contributed by atoms with Crippen LogP contribution in [0.15, 0.2) is 0 Å². The molecule has 2 heterocycles. The van der Waals surface area contributed by atoms with Crippen LogP contribution in [0.4, 0.5) is 9.59 Å². The van der Waals surface area contributed by atoms with E-state index >= 15 is 0 Å². The van der Waals surface area contributed by atoms with Crippen molar-refractivity contribution in [2.24, 2.45) is 0 Å². The smallest absolute Gasteiger partial charge is 0.314 e. The van der Waals surface area contributed by atoms with Crippen LogP contribution in [0, 0.1) is 0 Å². The van der Waals surface area contributed by atoms with E-state index in [9.17, 15) is 9.59 Å². The average molecular weight is 342 g/mol. The highest BCUT2D eigenvalue weighted by Gasteiger charge is 2.16. The van der Waals surface area contributed by atoms with Gasteiger partial charge in [0, 0.05) is 39.4 Å². The zero-order valence-electron chi connectivity index (χ0n) is 14.3. The van der Waals surface area contributed by atoms with Crippen molar-refractivity contribution in [2.75, 3.05) is 39.4 Å². The number of amides is 4. The van der Waals surface area contributed by atoms with Crippen molar-refractivity contribution >= 4 is 12.1 Å². The first kappa shape index (κ1) is 18.8. The molecule has 2 unspecified atom stereocenters. The number of hydrogen-bond donors (Lipinski definition) is 4. The summed E-state index contributed by atoms with van der Waals surface area (Å²) in [6.45, 7) is 3.91. The molecule has 0 aromatic rings. The van der Waals surface area contributed by atoms with Gasteiger partial charge >= 0.3 is 12.1 Å². The molecule has 8 nitrogen and oxygen atoms in total. The van der Waals surface area contributed by atoms with Gasteiger partial charge in [-0.15, -0.1) is 0 Å². The Bertz CT molecular complexity index is 346. The molecular formula is C16H30N4O4. The maximum absolute atomic E-state index is 11.6. The molecule has 2 aliphatic rings. The van der Waals surface area contributed by atoms with Crippen LogP contribution >= 0.6 is 0 Å². The van der Waals surface area contributed by atoms with Crippen LogP contribution in [-0.4, -0.2) is 63.7 Å². The number of hydrogen-bond acceptors (Lipinski definition) is 4. The molecule has 2 saturated heterocycles. The van der Waals surface area contributed by atoms with E-state index in [-0.39, 0.29) is 24.3 Å². The predicted octanol–water partition coefficient (Wildman–Crippen LogP) is 0.723. The summed E-state index contributed by atoms with van der Waals surface area (Å²) in [5.41, 5.74) is 0. The summed E-state index contributed by atoms with van der Waals surface area (Å²) in [5.74, 6) is 0. The molecule has 4 N–H and O–H groups in total. The van der Waals surface area contributed by atoms with Crippen LogP contribution in [0.5, 0.6) is 0 Å². The van der Waals surface area contributed by atoms with Crippen molar-refractivity contribution in [3.05, 3.63) is 0 Å². The summed E-state index contributed by atoms with van der Waals surface area (Å²) in [5, 5.41) is 11.2. The highest BCUT2D eigenvalue weighted by molar-refractivity contribution is 5.74. The highest BCUT2D eigenvalue weighted by Crippen LogP contribution is 2.10. The third-order valence-electron chi connectivity index (χ3n) is 4.20. The fourth-order valence-electron chi connectivity index (χ4n) is 2.80. The van der Waals surface area contributed by atoms with E-state index in [0.717, 1.165) is 51.7 Å². The van der Waals surface area contributed by atoms with Crippen LogP contribution in [0.3, 0.4) is 0 Å². The number of urea groups is 2. The summed E-state index contributed by atoms with van der Waals surface area (Å²) in [6.07, 6.45) is 6.13. The molecule has 0 aliphatic carbocycles. The fraction of sp³-hybridized carbons (Fsp3) is 0.875. The number of nitrogens with one attached hydrogen (secondary N) is 4. The lowest BCUT2D eigenvalue weighted by Crippen LogP contribution is -2.41. The summed E-state index contributed by atoms with van der Waals surface area (Å²) in [6, 6.07) is -0.319. The molecule has 2 rings (SSSR count). The highest BCUT2D eigenvalue weighted by atomic mass is 16.5. The van der Waals surface area contributed by atoms with Crippen LogP contribution in [-0.2, 0) is 9.47 Å². The Balaban J connectivity index is 1.36. The number of carbonyl (C=O) groups excluding carboxylic acids is 2. The third-order valence-corrected chi connectivity index (χ3v) is 4.20. The van der Waals surface area contributed by atoms with Crippen molar-refractivity contribution in [3.8, 4) is 0 Å². The number of rotatable bonds is 9. The van der Waals surface area contributed by atoms with Gasteiger partial charge in [-0.3, -0.25) is 0 Å². The third kappa shape index (κ3) is 7.83. The van der Waals surface area contributed by atoms with Crippen LogP contribution in [0.1, 0.15) is 38.5 Å². The topological polar surface area (TPSA) is 101 Å². The van der Waals surface area contributed by atoms with Gasteiger partial charge in [-0.25, -0.2) is 9.59 Å². The minimum absolute atomic E-state index is 0.159. The minimum atomic E-state index is -0.159. The Morgan fingerprint density at radius 1 is 0.750 bits per heavy atom. The molecule has 2 fully saturated rings. The monoisotopic (exact) mass is 342 g/mol. The van der Waals surface area contributed by atoms with Crippen molar-refractivity contribution in [1.82, 2.24) is 21.3 Å². The number of carbonyl (C=O) groups is 2. The maximum atomic E-state index is 11.6. The normalized spacial score (nSPS) is 23.0. The zero-order chi connectivity index (χ0) is 17.0. The van der Waals surface area contributed by atoms with Gasteiger partial charge in [0.1, 0.15) is 0 Å². The van der Waals surface area contributed by atoms with Crippen LogP contribution in [0.25, 0.3) is 0 Å². The fourth-order valence-corrected chi connectivity index (χ4v) is 2.80. The second-order valence-corrected chi connectivity index (χ2v) is 6.25. The van der Waals surface area contributed by atoms with Gasteiger partial charge in [0.2, 0.25) is 0 Å². The lowest BCUT2D eigenvalue weighted by atomic mass is 10.2. The molecule has 138 valence electrons. The zero-order valence-corrected chi connectivity index (χ0v) is 14.3. The lowest BCUT2D eigenvalue weighted by Gasteiger charge is -2.12. The Labute approximate surface area is 143 Å². The van der Waals surface area contributed by atoms with Gasteiger partial charge < -0.3 is 30.7 Å². The number of ether oxygens (including phenoxy) is 2. The van der Waals surface area contributed by atoms with Gasteiger partial charge in [-0.1, -0.05) is 0 Å². The summed E-state index contributed by atoms with van der Waals surface area (Å²) in [7, 11) is 0. The van der Waals surface area contributed by atoms with E-state index in [1.165, 1.54) is 0 Å². The van der Waals surface area contributed by atoms with Crippen molar-refractivity contribution in [1.29, 1.82) is 0 Å². The molecule has 2 atom stereocenters. The van der Waals surface area contributed by atoms with E-state index in [2.05, 4.69) is 21.3 Å². The summed E-state index contributed by atoms with van der Waals surface area (Å²) < 4.78 is 10.9. The molecule has 0 saturated carbocycles. The molecule has 2 aliphatic heterocycles. The van der Waals surface area contributed by atoms with Gasteiger partial charge in [-0.2, -0.15) is 0 Å². The van der Waals surface area contributed by atoms with E-state index < -0.39 is 0 Å². The van der Waals surface area contributed by atoms with Crippen LogP contribution in [0.2, 0.25) is 0 Å². The van der Waals surface area contributed by atoms with Gasteiger partial charge in [-0.05, 0) is 38.5 Å². The first-order chi connectivity index (χ1) is 11.7. The standard InChI is InChI=1S/C16H30N4O4/c21-15(19-11-13-5-3-9-23-13)17-7-1-2-8-18-16(22)20-12-14-6-4-10-24-14/h13-14H,1-12H2,(H2,17,19,21)(H2,18,20,22). The Morgan fingerprint density at radius 3 is 1.58 bits per heavy atom. The first-order valence-corrected chi connectivity index (χ1v) is 9.00. The molecule has 0 bridgehead atoms. The maximum Gasteiger partial charge on any atom is 0.314 e. The Hall–Kier alpha value is -1.54. The molecule has 0 aromatic carbocycles. The number of unbranched alkanes of at least 4 members (excludes halogenated alkanes) is 1. The van der Waals surface area contributed by atoms with E-state index in [1.807, 2.05) is 0 Å². The SMILES string of the molecule is O=C(NCCCCNC(=O)NCC1CCCO1)NCC1CCCO1. The summed E-state index contributed by atoms with van der Waals surface area (Å²) >= 11 is 0. The van der Waals surface area contributed by atoms with E-state index in [1.54, 1.807) is 0 Å². The summed E-state index contributed by atoms with van der Waals surface area (Å²) in [4.78, 5) is 23.2. The Morgan fingerprint density at radius 2 is 1.21 bits per heavy atom. The first-order valence-electron chi connectivity index (χ1n) is 9.00. The molecule has 4 amide bonds. The molecule has 0 radical (unpaired) electrons. The molecule has 8 heteroatoms. The second-order valence-electron chi connectivity index (χ2n) is 6.25. The van der Waals surface area contributed by atoms with Crippen molar-refractivity contribution < 1.29 is 19.1 Å². The Kier molecular flexibility index (Phi) is 8.69. The molecule has 0 spiro atoms. The largest absolute Gasteiger partial charge is 0.376 e. The quantitative estimate of drug-likeness (QED) is 0.464. The minimum Gasteiger partial charge on any atom is -0.376 e. The van der Waals surface area contributed by atoms with Gasteiger partial charge in [0.15, 0.2) is 0 Å². The van der Waals surface area contributed by atoms with Crippen molar-refractivity contribution in [3.63, 3.8) is 0 Å². The lowest BCUT2D eigenvalue weighted by molar-refractivity contribution is 0.111. The van der Waals surface area contributed by atoms with Crippen LogP contribution < -0.4 is 21.3 Å². The molecular weight excluding hydrogens is 312 g/mol. The predicted molar refractivity (Wildman–Crippen MR) is 90.0 cm³/mol. The van der Waals surface area contributed by atoms with E-state index in [4.69, 9.17) is 9.47 Å². The van der Waals surface area contributed by atoms with Crippen molar-refractivity contribution in [2.45, 2.75) is 50.7 Å². The average Bonchev–Trinajstić information content (AvgIpc) is 3.27.